The van der Waals surface area contributed by atoms with E-state index in [-0.39, 0.29) is 12.5 Å². The van der Waals surface area contributed by atoms with E-state index in [1.165, 1.54) is 12.8 Å². The van der Waals surface area contributed by atoms with Crippen LogP contribution in [-0.2, 0) is 11.3 Å². The van der Waals surface area contributed by atoms with E-state index in [9.17, 15) is 4.79 Å². The Morgan fingerprint density at radius 2 is 1.92 bits per heavy atom. The summed E-state index contributed by atoms with van der Waals surface area (Å²) in [5.74, 6) is 2.34. The van der Waals surface area contributed by atoms with Crippen LogP contribution < -0.4 is 15.4 Å². The van der Waals surface area contributed by atoms with Crippen molar-refractivity contribution in [3.63, 3.8) is 0 Å². The standard InChI is InChI=1S/C18H28N4O2/c1-14-8-10-22(11-9-14)18(19-2)21-13-17(23)20-12-15-4-6-16(24-3)7-5-15/h4-7,14H,8-13H2,1-3H3,(H,19,21)(H,20,23). The van der Waals surface area contributed by atoms with Crippen molar-refractivity contribution >= 4 is 11.9 Å². The number of piperidine rings is 1. The molecule has 1 heterocycles. The second kappa shape index (κ2) is 9.15. The average molecular weight is 332 g/mol. The van der Waals surface area contributed by atoms with Crippen LogP contribution in [0.5, 0.6) is 5.75 Å². The molecule has 1 aromatic rings. The van der Waals surface area contributed by atoms with Gasteiger partial charge in [0.2, 0.25) is 5.91 Å². The fraction of sp³-hybridized carbons (Fsp3) is 0.556. The molecule has 132 valence electrons. The normalized spacial score (nSPS) is 16.0. The second-order valence-corrected chi connectivity index (χ2v) is 6.20. The van der Waals surface area contributed by atoms with Gasteiger partial charge in [-0.15, -0.1) is 0 Å². The summed E-state index contributed by atoms with van der Waals surface area (Å²) in [6.45, 7) is 5.00. The average Bonchev–Trinajstić information content (AvgIpc) is 2.62. The lowest BCUT2D eigenvalue weighted by molar-refractivity contribution is -0.120. The third-order valence-corrected chi connectivity index (χ3v) is 4.35. The molecule has 1 aliphatic rings. The summed E-state index contributed by atoms with van der Waals surface area (Å²) in [5.41, 5.74) is 1.04. The molecule has 0 aromatic heterocycles. The number of nitrogens with one attached hydrogen (secondary N) is 2. The van der Waals surface area contributed by atoms with Gasteiger partial charge in [0.1, 0.15) is 5.75 Å². The van der Waals surface area contributed by atoms with Crippen LogP contribution in [-0.4, -0.2) is 50.6 Å². The van der Waals surface area contributed by atoms with Gasteiger partial charge in [-0.3, -0.25) is 9.79 Å². The number of likely N-dealkylation sites (tertiary alicyclic amines) is 1. The van der Waals surface area contributed by atoms with Crippen molar-refractivity contribution in [3.8, 4) is 5.75 Å². The Morgan fingerprint density at radius 1 is 1.25 bits per heavy atom. The number of benzene rings is 1. The van der Waals surface area contributed by atoms with E-state index in [2.05, 4.69) is 27.4 Å². The maximum atomic E-state index is 12.0. The first kappa shape index (κ1) is 18.1. The molecule has 1 saturated heterocycles. The summed E-state index contributed by atoms with van der Waals surface area (Å²) < 4.78 is 5.12. The first-order valence-corrected chi connectivity index (χ1v) is 8.47. The van der Waals surface area contributed by atoms with Gasteiger partial charge in [0.25, 0.3) is 0 Å². The predicted octanol–water partition coefficient (Wildman–Crippen LogP) is 1.62. The molecule has 1 amide bonds. The molecule has 2 N–H and O–H groups in total. The van der Waals surface area contributed by atoms with E-state index in [1.807, 2.05) is 24.3 Å². The first-order chi connectivity index (χ1) is 11.6. The Balaban J connectivity index is 1.73. The van der Waals surface area contributed by atoms with Gasteiger partial charge in [-0.1, -0.05) is 19.1 Å². The third kappa shape index (κ3) is 5.44. The minimum Gasteiger partial charge on any atom is -0.497 e. The maximum absolute atomic E-state index is 12.0. The number of carbonyl (C=O) groups excluding carboxylic acids is 1. The molecule has 6 heteroatoms. The van der Waals surface area contributed by atoms with E-state index < -0.39 is 0 Å². The lowest BCUT2D eigenvalue weighted by Gasteiger charge is -2.32. The van der Waals surface area contributed by atoms with Gasteiger partial charge in [-0.25, -0.2) is 0 Å². The number of methoxy groups -OCH3 is 1. The lowest BCUT2D eigenvalue weighted by Crippen LogP contribution is -2.48. The van der Waals surface area contributed by atoms with Gasteiger partial charge < -0.3 is 20.3 Å². The minimum atomic E-state index is -0.0441. The topological polar surface area (TPSA) is 66.0 Å². The van der Waals surface area contributed by atoms with Gasteiger partial charge in [-0.05, 0) is 36.5 Å². The molecule has 0 saturated carbocycles. The van der Waals surface area contributed by atoms with E-state index in [1.54, 1.807) is 14.2 Å². The first-order valence-electron chi connectivity index (χ1n) is 8.47. The number of hydrogen-bond acceptors (Lipinski definition) is 3. The highest BCUT2D eigenvalue weighted by Gasteiger charge is 2.18. The van der Waals surface area contributed by atoms with Crippen LogP contribution in [0.1, 0.15) is 25.3 Å². The molecule has 1 fully saturated rings. The summed E-state index contributed by atoms with van der Waals surface area (Å²) in [6, 6.07) is 7.67. The molecule has 2 rings (SSSR count). The summed E-state index contributed by atoms with van der Waals surface area (Å²) in [7, 11) is 3.40. The van der Waals surface area contributed by atoms with Crippen molar-refractivity contribution in [1.29, 1.82) is 0 Å². The van der Waals surface area contributed by atoms with Gasteiger partial charge in [0.05, 0.1) is 13.7 Å². The molecular weight excluding hydrogens is 304 g/mol. The maximum Gasteiger partial charge on any atom is 0.239 e. The van der Waals surface area contributed by atoms with Crippen molar-refractivity contribution in [3.05, 3.63) is 29.8 Å². The highest BCUT2D eigenvalue weighted by molar-refractivity contribution is 5.86. The number of rotatable bonds is 5. The molecule has 1 aliphatic heterocycles. The minimum absolute atomic E-state index is 0.0441. The van der Waals surface area contributed by atoms with Crippen LogP contribution in [0, 0.1) is 5.92 Å². The predicted molar refractivity (Wildman–Crippen MR) is 96.2 cm³/mol. The van der Waals surface area contributed by atoms with Gasteiger partial charge in [-0.2, -0.15) is 0 Å². The molecule has 6 nitrogen and oxygen atoms in total. The number of ether oxygens (including phenoxy) is 1. The van der Waals surface area contributed by atoms with E-state index in [4.69, 9.17) is 4.74 Å². The molecule has 0 spiro atoms. The number of aliphatic imine (C=N–C) groups is 1. The van der Waals surface area contributed by atoms with Crippen molar-refractivity contribution in [2.75, 3.05) is 33.8 Å². The lowest BCUT2D eigenvalue weighted by atomic mass is 10.00. The molecule has 0 unspecified atom stereocenters. The fourth-order valence-corrected chi connectivity index (χ4v) is 2.72. The van der Waals surface area contributed by atoms with E-state index in [0.29, 0.717) is 6.54 Å². The summed E-state index contributed by atoms with van der Waals surface area (Å²) in [4.78, 5) is 18.5. The van der Waals surface area contributed by atoms with Crippen LogP contribution in [0.4, 0.5) is 0 Å². The SMILES string of the molecule is CN=C(NCC(=O)NCc1ccc(OC)cc1)N1CCC(C)CC1. The number of guanidine groups is 1. The zero-order chi connectivity index (χ0) is 17.4. The molecule has 1 aromatic carbocycles. The summed E-state index contributed by atoms with van der Waals surface area (Å²) in [6.07, 6.45) is 2.34. The van der Waals surface area contributed by atoms with Crippen molar-refractivity contribution in [2.24, 2.45) is 10.9 Å². The largest absolute Gasteiger partial charge is 0.497 e. The summed E-state index contributed by atoms with van der Waals surface area (Å²) in [5, 5.41) is 6.06. The highest BCUT2D eigenvalue weighted by atomic mass is 16.5. The molecule has 0 atom stereocenters. The van der Waals surface area contributed by atoms with Crippen LogP contribution in [0.3, 0.4) is 0 Å². The van der Waals surface area contributed by atoms with Crippen molar-refractivity contribution in [1.82, 2.24) is 15.5 Å². The Labute approximate surface area is 144 Å². The van der Waals surface area contributed by atoms with Crippen LogP contribution in [0.15, 0.2) is 29.3 Å². The number of hydrogen-bond donors (Lipinski definition) is 2. The molecular formula is C18H28N4O2. The van der Waals surface area contributed by atoms with Crippen LogP contribution >= 0.6 is 0 Å². The number of carbonyl (C=O) groups is 1. The highest BCUT2D eigenvalue weighted by Crippen LogP contribution is 2.15. The van der Waals surface area contributed by atoms with Gasteiger partial charge in [0, 0.05) is 26.7 Å². The van der Waals surface area contributed by atoms with Crippen molar-refractivity contribution < 1.29 is 9.53 Å². The van der Waals surface area contributed by atoms with E-state index in [0.717, 1.165) is 36.3 Å². The zero-order valence-corrected chi connectivity index (χ0v) is 14.8. The number of nitrogens with zero attached hydrogens (tertiary/aromatic N) is 2. The van der Waals surface area contributed by atoms with Gasteiger partial charge >= 0.3 is 0 Å². The fourth-order valence-electron chi connectivity index (χ4n) is 2.72. The van der Waals surface area contributed by atoms with Crippen LogP contribution in [0.2, 0.25) is 0 Å². The Morgan fingerprint density at radius 3 is 2.50 bits per heavy atom. The van der Waals surface area contributed by atoms with Crippen molar-refractivity contribution in [2.45, 2.75) is 26.3 Å². The third-order valence-electron chi connectivity index (χ3n) is 4.35. The number of amides is 1. The second-order valence-electron chi connectivity index (χ2n) is 6.20. The Hall–Kier alpha value is -2.24. The Kier molecular flexibility index (Phi) is 6.90. The van der Waals surface area contributed by atoms with Crippen LogP contribution in [0.25, 0.3) is 0 Å². The summed E-state index contributed by atoms with van der Waals surface area (Å²) >= 11 is 0. The monoisotopic (exact) mass is 332 g/mol. The quantitative estimate of drug-likeness (QED) is 0.635. The van der Waals surface area contributed by atoms with Gasteiger partial charge in [0.15, 0.2) is 5.96 Å². The smallest absolute Gasteiger partial charge is 0.239 e. The van der Waals surface area contributed by atoms with E-state index >= 15 is 0 Å². The molecule has 24 heavy (non-hydrogen) atoms. The Bertz CT molecular complexity index is 549. The molecule has 0 aliphatic carbocycles. The molecule has 0 radical (unpaired) electrons. The molecule has 0 bridgehead atoms. The zero-order valence-electron chi connectivity index (χ0n) is 14.8.